The molecule has 152 valence electrons. The Bertz CT molecular complexity index is 428. The number of Topliss-reactive ketones (excluding diaryl/α,β-unsaturated/α-hetero) is 1. The molecule has 0 aromatic rings. The summed E-state index contributed by atoms with van der Waals surface area (Å²) in [6, 6.07) is 0. The van der Waals surface area contributed by atoms with E-state index >= 15 is 0 Å². The molecule has 6 heteroatoms. The maximum atomic E-state index is 12.2. The molecule has 5 atom stereocenters. The van der Waals surface area contributed by atoms with Crippen LogP contribution in [0.3, 0.4) is 0 Å². The van der Waals surface area contributed by atoms with Gasteiger partial charge in [0.05, 0.1) is 12.2 Å². The number of carboxylic acids is 1. The Hall–Kier alpha value is -0.590. The molecule has 0 spiro atoms. The molecule has 0 heterocycles. The Morgan fingerprint density at radius 1 is 1.23 bits per heavy atom. The molecule has 0 aliphatic heterocycles. The maximum absolute atomic E-state index is 12.2. The van der Waals surface area contributed by atoms with Gasteiger partial charge in [-0.2, -0.15) is 11.8 Å². The number of unbranched alkanes of at least 4 members (excludes halogenated alkanes) is 4. The number of hydrogen-bond acceptors (Lipinski definition) is 5. The molecule has 1 aliphatic rings. The lowest BCUT2D eigenvalue weighted by molar-refractivity contribution is -0.137. The van der Waals surface area contributed by atoms with Crippen molar-refractivity contribution in [3.05, 3.63) is 0 Å². The summed E-state index contributed by atoms with van der Waals surface area (Å²) in [7, 11) is 0. The van der Waals surface area contributed by atoms with Crippen LogP contribution >= 0.6 is 11.8 Å². The van der Waals surface area contributed by atoms with E-state index in [0.29, 0.717) is 12.2 Å². The van der Waals surface area contributed by atoms with Gasteiger partial charge in [0.2, 0.25) is 0 Å². The first kappa shape index (κ1) is 23.4. The summed E-state index contributed by atoms with van der Waals surface area (Å²) in [5.41, 5.74) is 0. The number of aliphatic hydroxyl groups excluding tert-OH is 2. The standard InChI is InChI=1S/C20H36O5S/c1-3-4-9-14(2)18(23)13-26-20-15(16(21)12-17(20)22)10-7-5-6-8-11-19(24)25/h14-15,17-18,20,22-23H,3-13H2,1-2H3,(H,24,25). The van der Waals surface area contributed by atoms with Crippen LogP contribution in [0.5, 0.6) is 0 Å². The van der Waals surface area contributed by atoms with E-state index < -0.39 is 18.2 Å². The Balaban J connectivity index is 2.36. The molecule has 0 amide bonds. The van der Waals surface area contributed by atoms with E-state index in [1.807, 2.05) is 0 Å². The van der Waals surface area contributed by atoms with E-state index in [9.17, 15) is 19.8 Å². The van der Waals surface area contributed by atoms with Crippen LogP contribution in [0.25, 0.3) is 0 Å². The minimum Gasteiger partial charge on any atom is -0.481 e. The summed E-state index contributed by atoms with van der Waals surface area (Å²) in [6.07, 6.45) is 6.75. The molecular weight excluding hydrogens is 352 g/mol. The molecule has 5 nitrogen and oxygen atoms in total. The minimum absolute atomic E-state index is 0.116. The highest BCUT2D eigenvalue weighted by Gasteiger charge is 2.41. The summed E-state index contributed by atoms with van der Waals surface area (Å²) in [4.78, 5) is 22.7. The number of aliphatic carboxylic acids is 1. The Kier molecular flexibility index (Phi) is 11.5. The maximum Gasteiger partial charge on any atom is 0.303 e. The van der Waals surface area contributed by atoms with E-state index in [2.05, 4.69) is 13.8 Å². The molecule has 0 radical (unpaired) electrons. The van der Waals surface area contributed by atoms with E-state index in [-0.39, 0.29) is 35.7 Å². The number of ketones is 1. The lowest BCUT2D eigenvalue weighted by Gasteiger charge is -2.24. The second-order valence-electron chi connectivity index (χ2n) is 7.68. The van der Waals surface area contributed by atoms with Gasteiger partial charge in [-0.25, -0.2) is 0 Å². The SMILES string of the molecule is CCCCC(C)C(O)CSC1C(O)CC(=O)C1CCCCCCC(=O)O. The van der Waals surface area contributed by atoms with Crippen molar-refractivity contribution >= 4 is 23.5 Å². The lowest BCUT2D eigenvalue weighted by Crippen LogP contribution is -2.28. The lowest BCUT2D eigenvalue weighted by atomic mass is 9.98. The first-order valence-electron chi connectivity index (χ1n) is 10.1. The second-order valence-corrected chi connectivity index (χ2v) is 8.89. The molecule has 3 N–H and O–H groups in total. The molecule has 1 fully saturated rings. The molecule has 1 saturated carbocycles. The van der Waals surface area contributed by atoms with E-state index in [4.69, 9.17) is 5.11 Å². The fraction of sp³-hybridized carbons (Fsp3) is 0.900. The third-order valence-electron chi connectivity index (χ3n) is 5.38. The molecular formula is C20H36O5S. The summed E-state index contributed by atoms with van der Waals surface area (Å²) >= 11 is 1.55. The van der Waals surface area contributed by atoms with E-state index in [1.165, 1.54) is 0 Å². The van der Waals surface area contributed by atoms with Gasteiger partial charge in [0.15, 0.2) is 0 Å². The molecule has 26 heavy (non-hydrogen) atoms. The number of carbonyl (C=O) groups is 2. The van der Waals surface area contributed by atoms with Gasteiger partial charge < -0.3 is 15.3 Å². The highest BCUT2D eigenvalue weighted by Crippen LogP contribution is 2.37. The topological polar surface area (TPSA) is 94.8 Å². The fourth-order valence-corrected chi connectivity index (χ4v) is 5.15. The molecule has 0 bridgehead atoms. The van der Waals surface area contributed by atoms with Crippen molar-refractivity contribution < 1.29 is 24.9 Å². The zero-order chi connectivity index (χ0) is 19.5. The summed E-state index contributed by atoms with van der Waals surface area (Å²) in [5.74, 6) is 0.0444. The van der Waals surface area contributed by atoms with E-state index in [0.717, 1.165) is 44.9 Å². The molecule has 0 aromatic carbocycles. The average Bonchev–Trinajstić information content (AvgIpc) is 2.86. The minimum atomic E-state index is -0.762. The highest BCUT2D eigenvalue weighted by atomic mass is 32.2. The fourth-order valence-electron chi connectivity index (χ4n) is 3.56. The average molecular weight is 389 g/mol. The largest absolute Gasteiger partial charge is 0.481 e. The number of thioether (sulfide) groups is 1. The third-order valence-corrected chi connectivity index (χ3v) is 6.95. The van der Waals surface area contributed by atoms with Crippen LogP contribution in [-0.4, -0.2) is 50.3 Å². The number of aliphatic hydroxyl groups is 2. The number of hydrogen-bond donors (Lipinski definition) is 3. The van der Waals surface area contributed by atoms with Crippen LogP contribution in [0.4, 0.5) is 0 Å². The molecule has 0 aromatic heterocycles. The normalized spacial score (nSPS) is 25.4. The van der Waals surface area contributed by atoms with Crippen molar-refractivity contribution in [2.75, 3.05) is 5.75 Å². The summed E-state index contributed by atoms with van der Waals surface area (Å²) in [5, 5.41) is 29.1. The van der Waals surface area contributed by atoms with Crippen LogP contribution in [0.1, 0.15) is 78.1 Å². The first-order valence-corrected chi connectivity index (χ1v) is 11.1. The summed E-state index contributed by atoms with van der Waals surface area (Å²) < 4.78 is 0. The summed E-state index contributed by atoms with van der Waals surface area (Å²) in [6.45, 7) is 4.20. The molecule has 0 saturated heterocycles. The monoisotopic (exact) mass is 388 g/mol. The van der Waals surface area contributed by atoms with Gasteiger partial charge in [-0.05, 0) is 25.2 Å². The van der Waals surface area contributed by atoms with Gasteiger partial charge in [-0.3, -0.25) is 9.59 Å². The van der Waals surface area contributed by atoms with Crippen LogP contribution < -0.4 is 0 Å². The first-order chi connectivity index (χ1) is 12.4. The zero-order valence-electron chi connectivity index (χ0n) is 16.2. The van der Waals surface area contributed by atoms with Crippen molar-refractivity contribution in [2.45, 2.75) is 95.5 Å². The van der Waals surface area contributed by atoms with Crippen LogP contribution in [-0.2, 0) is 9.59 Å². The van der Waals surface area contributed by atoms with Gasteiger partial charge in [0, 0.05) is 29.8 Å². The number of rotatable bonds is 14. The molecule has 1 aliphatic carbocycles. The smallest absolute Gasteiger partial charge is 0.303 e. The van der Waals surface area contributed by atoms with Crippen molar-refractivity contribution in [2.24, 2.45) is 11.8 Å². The van der Waals surface area contributed by atoms with Gasteiger partial charge in [-0.1, -0.05) is 46.0 Å². The van der Waals surface area contributed by atoms with Crippen LogP contribution in [0.2, 0.25) is 0 Å². The van der Waals surface area contributed by atoms with Gasteiger partial charge in [0.25, 0.3) is 0 Å². The van der Waals surface area contributed by atoms with Crippen LogP contribution in [0, 0.1) is 11.8 Å². The van der Waals surface area contributed by atoms with Crippen LogP contribution in [0.15, 0.2) is 0 Å². The van der Waals surface area contributed by atoms with Gasteiger partial charge in [0.1, 0.15) is 5.78 Å². The Morgan fingerprint density at radius 3 is 2.58 bits per heavy atom. The van der Waals surface area contributed by atoms with Crippen molar-refractivity contribution in [3.8, 4) is 0 Å². The van der Waals surface area contributed by atoms with Gasteiger partial charge >= 0.3 is 5.97 Å². The predicted octanol–water partition coefficient (Wildman–Crippen LogP) is 3.65. The predicted molar refractivity (Wildman–Crippen MR) is 105 cm³/mol. The van der Waals surface area contributed by atoms with Crippen molar-refractivity contribution in [1.29, 1.82) is 0 Å². The quantitative estimate of drug-likeness (QED) is 0.393. The number of carboxylic acid groups (broad SMARTS) is 1. The van der Waals surface area contributed by atoms with Crippen molar-refractivity contribution in [3.63, 3.8) is 0 Å². The van der Waals surface area contributed by atoms with E-state index in [1.54, 1.807) is 11.8 Å². The molecule has 5 unspecified atom stereocenters. The third kappa shape index (κ3) is 8.40. The number of carbonyl (C=O) groups excluding carboxylic acids is 1. The van der Waals surface area contributed by atoms with Gasteiger partial charge in [-0.15, -0.1) is 0 Å². The Morgan fingerprint density at radius 2 is 1.92 bits per heavy atom. The highest BCUT2D eigenvalue weighted by molar-refractivity contribution is 8.00. The van der Waals surface area contributed by atoms with Crippen molar-refractivity contribution in [1.82, 2.24) is 0 Å². The Labute approximate surface area is 161 Å². The second kappa shape index (κ2) is 12.7. The molecule has 1 rings (SSSR count). The zero-order valence-corrected chi connectivity index (χ0v) is 17.0.